The van der Waals surface area contributed by atoms with Gasteiger partial charge in [0.15, 0.2) is 0 Å². The molecule has 0 spiro atoms. The molecule has 2 amide bonds. The summed E-state index contributed by atoms with van der Waals surface area (Å²) >= 11 is 1.69. The van der Waals surface area contributed by atoms with E-state index >= 15 is 0 Å². The Morgan fingerprint density at radius 1 is 1.50 bits per heavy atom. The number of hydrogen-bond acceptors (Lipinski definition) is 3. The number of amides is 2. The smallest absolute Gasteiger partial charge is 0.317 e. The lowest BCUT2D eigenvalue weighted by atomic mass is 9.74. The summed E-state index contributed by atoms with van der Waals surface area (Å²) in [5.74, 6) is 0.0189. The Morgan fingerprint density at radius 3 is 2.50 bits per heavy atom. The molecule has 1 aliphatic carbocycles. The van der Waals surface area contributed by atoms with E-state index < -0.39 is 11.5 Å². The highest BCUT2D eigenvalue weighted by atomic mass is 32.2. The number of nitrogens with zero attached hydrogens (tertiary/aromatic N) is 1. The van der Waals surface area contributed by atoms with Crippen LogP contribution in [0.5, 0.6) is 0 Å². The minimum atomic E-state index is -0.852. The summed E-state index contributed by atoms with van der Waals surface area (Å²) in [6.07, 6.45) is 4.52. The molecule has 6 heteroatoms. The zero-order valence-electron chi connectivity index (χ0n) is 11.2. The number of urea groups is 1. The van der Waals surface area contributed by atoms with Crippen molar-refractivity contribution in [3.8, 4) is 0 Å². The fraction of sp³-hybridized carbons (Fsp3) is 0.833. The average molecular weight is 274 g/mol. The number of carboxylic acids is 1. The molecule has 1 rings (SSSR count). The number of hydrogen-bond donors (Lipinski definition) is 2. The van der Waals surface area contributed by atoms with E-state index in [1.807, 2.05) is 13.2 Å². The third-order valence-electron chi connectivity index (χ3n) is 3.56. The van der Waals surface area contributed by atoms with Crippen molar-refractivity contribution >= 4 is 23.8 Å². The summed E-state index contributed by atoms with van der Waals surface area (Å²) in [5.41, 5.74) is -0.518. The van der Waals surface area contributed by atoms with Gasteiger partial charge in [-0.2, -0.15) is 11.8 Å². The van der Waals surface area contributed by atoms with Gasteiger partial charge in [-0.05, 0) is 32.4 Å². The monoisotopic (exact) mass is 274 g/mol. The maximum absolute atomic E-state index is 12.1. The fourth-order valence-electron chi connectivity index (χ4n) is 2.11. The molecule has 1 saturated carbocycles. The molecule has 0 bridgehead atoms. The van der Waals surface area contributed by atoms with Crippen molar-refractivity contribution in [2.24, 2.45) is 0 Å². The van der Waals surface area contributed by atoms with E-state index in [-0.39, 0.29) is 18.5 Å². The SMILES string of the molecule is CSCC(C)N(C)C(=O)NC1(CC(=O)O)CCC1. The van der Waals surface area contributed by atoms with Gasteiger partial charge in [-0.1, -0.05) is 0 Å². The van der Waals surface area contributed by atoms with Gasteiger partial charge >= 0.3 is 12.0 Å². The van der Waals surface area contributed by atoms with Gasteiger partial charge in [-0.3, -0.25) is 4.79 Å². The average Bonchev–Trinajstić information content (AvgIpc) is 2.24. The maximum atomic E-state index is 12.1. The molecule has 0 heterocycles. The second-order valence-electron chi connectivity index (χ2n) is 5.05. The van der Waals surface area contributed by atoms with Crippen LogP contribution in [-0.4, -0.2) is 52.6 Å². The lowest BCUT2D eigenvalue weighted by Crippen LogP contribution is -2.58. The number of carbonyl (C=O) groups excluding carboxylic acids is 1. The summed E-state index contributed by atoms with van der Waals surface area (Å²) in [6, 6.07) is -0.0283. The van der Waals surface area contributed by atoms with Crippen molar-refractivity contribution in [2.45, 2.75) is 44.2 Å². The first-order valence-corrected chi connectivity index (χ1v) is 7.55. The summed E-state index contributed by atoms with van der Waals surface area (Å²) in [5, 5.41) is 11.8. The second-order valence-corrected chi connectivity index (χ2v) is 5.96. The Hall–Kier alpha value is -0.910. The molecular weight excluding hydrogens is 252 g/mol. The largest absolute Gasteiger partial charge is 0.481 e. The molecular formula is C12H22N2O3S. The molecule has 0 saturated heterocycles. The van der Waals surface area contributed by atoms with Crippen molar-refractivity contribution in [3.05, 3.63) is 0 Å². The Morgan fingerprint density at radius 2 is 2.11 bits per heavy atom. The molecule has 18 heavy (non-hydrogen) atoms. The van der Waals surface area contributed by atoms with Gasteiger partial charge < -0.3 is 15.3 Å². The van der Waals surface area contributed by atoms with E-state index in [9.17, 15) is 9.59 Å². The van der Waals surface area contributed by atoms with Gasteiger partial charge in [0.05, 0.1) is 12.0 Å². The molecule has 0 radical (unpaired) electrons. The summed E-state index contributed by atoms with van der Waals surface area (Å²) in [6.45, 7) is 1.99. The van der Waals surface area contributed by atoms with E-state index in [1.165, 1.54) is 0 Å². The molecule has 1 atom stereocenters. The van der Waals surface area contributed by atoms with Gasteiger partial charge in [0.25, 0.3) is 0 Å². The van der Waals surface area contributed by atoms with Crippen LogP contribution in [0.15, 0.2) is 0 Å². The van der Waals surface area contributed by atoms with Crippen LogP contribution in [-0.2, 0) is 4.79 Å². The Labute approximate surface area is 112 Å². The first-order chi connectivity index (χ1) is 8.40. The predicted molar refractivity (Wildman–Crippen MR) is 73.0 cm³/mol. The Bertz CT molecular complexity index is 318. The van der Waals surface area contributed by atoms with Crippen LogP contribution in [0.3, 0.4) is 0 Å². The number of aliphatic carboxylic acids is 1. The standard InChI is InChI=1S/C12H22N2O3S/c1-9(8-18-3)14(2)11(17)13-12(5-4-6-12)7-10(15)16/h9H,4-8H2,1-3H3,(H,13,17)(H,15,16). The van der Waals surface area contributed by atoms with Crippen LogP contribution in [0, 0.1) is 0 Å². The Balaban J connectivity index is 2.54. The lowest BCUT2D eigenvalue weighted by molar-refractivity contribution is -0.139. The maximum Gasteiger partial charge on any atom is 0.317 e. The zero-order valence-corrected chi connectivity index (χ0v) is 12.0. The highest BCUT2D eigenvalue weighted by molar-refractivity contribution is 7.98. The molecule has 0 aromatic heterocycles. The molecule has 1 aliphatic rings. The highest BCUT2D eigenvalue weighted by Gasteiger charge is 2.41. The van der Waals surface area contributed by atoms with E-state index in [0.717, 1.165) is 25.0 Å². The van der Waals surface area contributed by atoms with Crippen LogP contribution in [0.4, 0.5) is 4.79 Å². The molecule has 1 fully saturated rings. The van der Waals surface area contributed by atoms with Gasteiger partial charge in [0, 0.05) is 18.8 Å². The molecule has 0 aliphatic heterocycles. The predicted octanol–water partition coefficient (Wildman–Crippen LogP) is 1.78. The van der Waals surface area contributed by atoms with Crippen LogP contribution in [0.25, 0.3) is 0 Å². The van der Waals surface area contributed by atoms with Crippen LogP contribution < -0.4 is 5.32 Å². The first-order valence-electron chi connectivity index (χ1n) is 6.16. The van der Waals surface area contributed by atoms with Crippen LogP contribution >= 0.6 is 11.8 Å². The molecule has 0 aromatic rings. The van der Waals surface area contributed by atoms with Crippen molar-refractivity contribution in [1.29, 1.82) is 0 Å². The van der Waals surface area contributed by atoms with E-state index in [4.69, 9.17) is 5.11 Å². The Kier molecular flexibility index (Phi) is 5.31. The van der Waals surface area contributed by atoms with Gasteiger partial charge in [0.1, 0.15) is 0 Å². The van der Waals surface area contributed by atoms with E-state index in [2.05, 4.69) is 5.32 Å². The van der Waals surface area contributed by atoms with Crippen molar-refractivity contribution in [1.82, 2.24) is 10.2 Å². The minimum Gasteiger partial charge on any atom is -0.481 e. The molecule has 1 unspecified atom stereocenters. The third kappa shape index (κ3) is 3.80. The molecule has 5 nitrogen and oxygen atoms in total. The number of nitrogens with one attached hydrogen (secondary N) is 1. The third-order valence-corrected chi connectivity index (χ3v) is 4.38. The number of rotatable bonds is 6. The topological polar surface area (TPSA) is 69.6 Å². The second kappa shape index (κ2) is 6.31. The lowest BCUT2D eigenvalue weighted by Gasteiger charge is -2.42. The summed E-state index contributed by atoms with van der Waals surface area (Å²) in [4.78, 5) is 24.5. The zero-order chi connectivity index (χ0) is 13.8. The summed E-state index contributed by atoms with van der Waals surface area (Å²) in [7, 11) is 1.75. The highest BCUT2D eigenvalue weighted by Crippen LogP contribution is 2.35. The number of carboxylic acid groups (broad SMARTS) is 1. The van der Waals surface area contributed by atoms with E-state index in [1.54, 1.807) is 23.7 Å². The molecule has 2 N–H and O–H groups in total. The van der Waals surface area contributed by atoms with Gasteiger partial charge in [0.2, 0.25) is 0 Å². The van der Waals surface area contributed by atoms with Crippen LogP contribution in [0.1, 0.15) is 32.6 Å². The normalized spacial score (nSPS) is 18.6. The van der Waals surface area contributed by atoms with Gasteiger partial charge in [-0.15, -0.1) is 0 Å². The van der Waals surface area contributed by atoms with E-state index in [0.29, 0.717) is 0 Å². The van der Waals surface area contributed by atoms with Crippen LogP contribution in [0.2, 0.25) is 0 Å². The quantitative estimate of drug-likeness (QED) is 0.774. The molecule has 0 aromatic carbocycles. The number of carbonyl (C=O) groups is 2. The first kappa shape index (κ1) is 15.1. The van der Waals surface area contributed by atoms with Crippen molar-refractivity contribution in [2.75, 3.05) is 19.1 Å². The molecule has 104 valence electrons. The van der Waals surface area contributed by atoms with Crippen molar-refractivity contribution in [3.63, 3.8) is 0 Å². The van der Waals surface area contributed by atoms with Crippen molar-refractivity contribution < 1.29 is 14.7 Å². The minimum absolute atomic E-state index is 0.0173. The summed E-state index contributed by atoms with van der Waals surface area (Å²) < 4.78 is 0. The fourth-order valence-corrected chi connectivity index (χ4v) is 2.81. The number of thioether (sulfide) groups is 1. The van der Waals surface area contributed by atoms with Gasteiger partial charge in [-0.25, -0.2) is 4.79 Å².